The molecule has 0 aliphatic heterocycles. The van der Waals surface area contributed by atoms with Gasteiger partial charge in [-0.1, -0.05) is 12.1 Å². The van der Waals surface area contributed by atoms with Crippen LogP contribution in [0.3, 0.4) is 0 Å². The predicted octanol–water partition coefficient (Wildman–Crippen LogP) is 1.84. The summed E-state index contributed by atoms with van der Waals surface area (Å²) in [6, 6.07) is 8.61. The average molecular weight is 232 g/mol. The summed E-state index contributed by atoms with van der Waals surface area (Å²) >= 11 is 0. The number of rotatable bonds is 4. The maximum atomic E-state index is 5.69. The van der Waals surface area contributed by atoms with Crippen molar-refractivity contribution in [2.24, 2.45) is 5.73 Å². The van der Waals surface area contributed by atoms with Gasteiger partial charge in [0, 0.05) is 26.2 Å². The van der Waals surface area contributed by atoms with Gasteiger partial charge >= 0.3 is 0 Å². The standard InChI is InChI=1S/C13H20N4/c1-10(2)16(3)13-15-11-6-4-5-7-12(11)17(13)9-8-14/h4-7,10H,8-9,14H2,1-3H3. The number of nitrogens with two attached hydrogens (primary N) is 1. The summed E-state index contributed by atoms with van der Waals surface area (Å²) in [6.45, 7) is 5.74. The lowest BCUT2D eigenvalue weighted by Gasteiger charge is -2.23. The van der Waals surface area contributed by atoms with Crippen molar-refractivity contribution in [1.82, 2.24) is 9.55 Å². The summed E-state index contributed by atoms with van der Waals surface area (Å²) in [5.74, 6) is 0.992. The van der Waals surface area contributed by atoms with Gasteiger partial charge in [-0.2, -0.15) is 0 Å². The first-order valence-corrected chi connectivity index (χ1v) is 6.03. The molecule has 2 aromatic rings. The van der Waals surface area contributed by atoms with Gasteiger partial charge in [-0.3, -0.25) is 0 Å². The fraction of sp³-hybridized carbons (Fsp3) is 0.462. The van der Waals surface area contributed by atoms with E-state index in [9.17, 15) is 0 Å². The molecule has 0 saturated carbocycles. The number of anilines is 1. The van der Waals surface area contributed by atoms with Crippen molar-refractivity contribution in [3.63, 3.8) is 0 Å². The van der Waals surface area contributed by atoms with Gasteiger partial charge in [-0.25, -0.2) is 4.98 Å². The molecule has 1 aromatic heterocycles. The normalized spacial score (nSPS) is 11.4. The van der Waals surface area contributed by atoms with Crippen LogP contribution in [0.1, 0.15) is 13.8 Å². The van der Waals surface area contributed by atoms with Crippen LogP contribution in [0, 0.1) is 0 Å². The van der Waals surface area contributed by atoms with E-state index in [2.05, 4.69) is 41.4 Å². The molecular formula is C13H20N4. The molecule has 2 rings (SSSR count). The van der Waals surface area contributed by atoms with Crippen molar-refractivity contribution >= 4 is 17.0 Å². The molecule has 0 spiro atoms. The number of aromatic nitrogens is 2. The number of fused-ring (bicyclic) bond motifs is 1. The van der Waals surface area contributed by atoms with Gasteiger partial charge in [-0.05, 0) is 26.0 Å². The molecule has 0 aliphatic rings. The summed E-state index contributed by atoms with van der Waals surface area (Å²) in [5.41, 5.74) is 7.87. The highest BCUT2D eigenvalue weighted by molar-refractivity contribution is 5.78. The number of para-hydroxylation sites is 2. The van der Waals surface area contributed by atoms with Crippen molar-refractivity contribution < 1.29 is 0 Å². The SMILES string of the molecule is CC(C)N(C)c1nc2ccccc2n1CCN. The van der Waals surface area contributed by atoms with Crippen molar-refractivity contribution in [2.75, 3.05) is 18.5 Å². The Hall–Kier alpha value is -1.55. The Balaban J connectivity index is 2.57. The Labute approximate surface area is 102 Å². The average Bonchev–Trinajstić information content (AvgIpc) is 2.68. The molecule has 4 heteroatoms. The minimum atomic E-state index is 0.420. The highest BCUT2D eigenvalue weighted by Gasteiger charge is 2.15. The summed E-state index contributed by atoms with van der Waals surface area (Å²) in [6.07, 6.45) is 0. The number of benzene rings is 1. The topological polar surface area (TPSA) is 47.1 Å². The molecule has 4 nitrogen and oxygen atoms in total. The van der Waals surface area contributed by atoms with Gasteiger partial charge in [0.05, 0.1) is 11.0 Å². The Morgan fingerprint density at radius 2 is 2.06 bits per heavy atom. The van der Waals surface area contributed by atoms with Crippen molar-refractivity contribution in [2.45, 2.75) is 26.4 Å². The minimum absolute atomic E-state index is 0.420. The molecule has 0 radical (unpaired) electrons. The second-order valence-electron chi connectivity index (χ2n) is 4.55. The molecule has 92 valence electrons. The Kier molecular flexibility index (Phi) is 3.33. The van der Waals surface area contributed by atoms with Gasteiger partial charge in [0.2, 0.25) is 5.95 Å². The third-order valence-electron chi connectivity index (χ3n) is 3.08. The first kappa shape index (κ1) is 11.9. The zero-order valence-corrected chi connectivity index (χ0v) is 10.7. The first-order valence-electron chi connectivity index (χ1n) is 6.03. The number of imidazole rings is 1. The largest absolute Gasteiger partial charge is 0.343 e. The molecule has 1 aromatic carbocycles. The number of hydrogen-bond acceptors (Lipinski definition) is 3. The molecule has 0 aliphatic carbocycles. The molecule has 2 N–H and O–H groups in total. The van der Waals surface area contributed by atoms with Crippen LogP contribution in [0.2, 0.25) is 0 Å². The zero-order chi connectivity index (χ0) is 12.4. The van der Waals surface area contributed by atoms with Crippen LogP contribution in [0.4, 0.5) is 5.95 Å². The van der Waals surface area contributed by atoms with E-state index >= 15 is 0 Å². The van der Waals surface area contributed by atoms with Gasteiger partial charge in [0.1, 0.15) is 0 Å². The van der Waals surface area contributed by atoms with Crippen LogP contribution in [-0.2, 0) is 6.54 Å². The number of hydrogen-bond donors (Lipinski definition) is 1. The summed E-state index contributed by atoms with van der Waals surface area (Å²) in [4.78, 5) is 6.86. The molecule has 1 heterocycles. The van der Waals surface area contributed by atoms with Crippen molar-refractivity contribution in [3.05, 3.63) is 24.3 Å². The maximum absolute atomic E-state index is 5.69. The highest BCUT2D eigenvalue weighted by Crippen LogP contribution is 2.22. The summed E-state index contributed by atoms with van der Waals surface area (Å²) in [7, 11) is 2.07. The fourth-order valence-corrected chi connectivity index (χ4v) is 1.91. The lowest BCUT2D eigenvalue weighted by atomic mass is 10.3. The first-order chi connectivity index (χ1) is 8.15. The third kappa shape index (κ3) is 2.13. The molecule has 0 amide bonds. The van der Waals surface area contributed by atoms with E-state index in [1.165, 1.54) is 0 Å². The highest BCUT2D eigenvalue weighted by atomic mass is 15.3. The molecule has 0 fully saturated rings. The second-order valence-corrected chi connectivity index (χ2v) is 4.55. The van der Waals surface area contributed by atoms with Gasteiger partial charge in [0.25, 0.3) is 0 Å². The zero-order valence-electron chi connectivity index (χ0n) is 10.7. The van der Waals surface area contributed by atoms with Crippen molar-refractivity contribution in [3.8, 4) is 0 Å². The van der Waals surface area contributed by atoms with Gasteiger partial charge in [-0.15, -0.1) is 0 Å². The monoisotopic (exact) mass is 232 g/mol. The van der Waals surface area contributed by atoms with Crippen LogP contribution >= 0.6 is 0 Å². The smallest absolute Gasteiger partial charge is 0.206 e. The molecular weight excluding hydrogens is 212 g/mol. The maximum Gasteiger partial charge on any atom is 0.206 e. The Morgan fingerprint density at radius 1 is 1.35 bits per heavy atom. The lowest BCUT2D eigenvalue weighted by Crippen LogP contribution is -2.29. The second kappa shape index (κ2) is 4.75. The Bertz CT molecular complexity index is 501. The predicted molar refractivity (Wildman–Crippen MR) is 72.3 cm³/mol. The molecule has 0 unspecified atom stereocenters. The van der Waals surface area contributed by atoms with Crippen LogP contribution in [0.25, 0.3) is 11.0 Å². The van der Waals surface area contributed by atoms with E-state index < -0.39 is 0 Å². The summed E-state index contributed by atoms with van der Waals surface area (Å²) < 4.78 is 2.19. The summed E-state index contributed by atoms with van der Waals surface area (Å²) in [5, 5.41) is 0. The van der Waals surface area contributed by atoms with Crippen LogP contribution < -0.4 is 10.6 Å². The van der Waals surface area contributed by atoms with Crippen LogP contribution in [0.15, 0.2) is 24.3 Å². The van der Waals surface area contributed by atoms with E-state index in [0.717, 1.165) is 23.5 Å². The number of nitrogens with zero attached hydrogens (tertiary/aromatic N) is 3. The van der Waals surface area contributed by atoms with Crippen LogP contribution in [-0.4, -0.2) is 29.2 Å². The lowest BCUT2D eigenvalue weighted by molar-refractivity contribution is 0.666. The van der Waals surface area contributed by atoms with E-state index in [4.69, 9.17) is 5.73 Å². The Morgan fingerprint density at radius 3 is 2.71 bits per heavy atom. The molecule has 17 heavy (non-hydrogen) atoms. The van der Waals surface area contributed by atoms with Gasteiger partial charge < -0.3 is 15.2 Å². The quantitative estimate of drug-likeness (QED) is 0.875. The third-order valence-corrected chi connectivity index (χ3v) is 3.08. The van der Waals surface area contributed by atoms with E-state index in [-0.39, 0.29) is 0 Å². The van der Waals surface area contributed by atoms with E-state index in [0.29, 0.717) is 12.6 Å². The molecule has 0 atom stereocenters. The van der Waals surface area contributed by atoms with E-state index in [1.807, 2.05) is 18.2 Å². The molecule has 0 bridgehead atoms. The van der Waals surface area contributed by atoms with Crippen LogP contribution in [0.5, 0.6) is 0 Å². The fourth-order valence-electron chi connectivity index (χ4n) is 1.91. The minimum Gasteiger partial charge on any atom is -0.343 e. The van der Waals surface area contributed by atoms with E-state index in [1.54, 1.807) is 0 Å². The van der Waals surface area contributed by atoms with Crippen molar-refractivity contribution in [1.29, 1.82) is 0 Å². The molecule has 0 saturated heterocycles. The van der Waals surface area contributed by atoms with Gasteiger partial charge in [0.15, 0.2) is 0 Å².